The summed E-state index contributed by atoms with van der Waals surface area (Å²) in [6.45, 7) is 1.35. The molecule has 0 N–H and O–H groups in total. The number of carbonyl (C=O) groups excluding carboxylic acids is 3. The molecule has 2 aromatic heterocycles. The summed E-state index contributed by atoms with van der Waals surface area (Å²) in [5.74, 6) is 0.367. The number of amides is 1. The first-order valence-corrected chi connectivity index (χ1v) is 13.9. The van der Waals surface area contributed by atoms with Crippen molar-refractivity contribution in [2.75, 3.05) is 13.6 Å². The van der Waals surface area contributed by atoms with Crippen LogP contribution in [0.2, 0.25) is 0 Å². The third-order valence-electron chi connectivity index (χ3n) is 7.75. The quantitative estimate of drug-likeness (QED) is 0.208. The lowest BCUT2D eigenvalue weighted by Gasteiger charge is -2.18. The van der Waals surface area contributed by atoms with Crippen LogP contribution in [0.1, 0.15) is 48.8 Å². The smallest absolute Gasteiger partial charge is 0.227 e. The summed E-state index contributed by atoms with van der Waals surface area (Å²) in [6, 6.07) is 27.5. The van der Waals surface area contributed by atoms with Crippen molar-refractivity contribution < 1.29 is 19.1 Å². The molecule has 0 spiro atoms. The van der Waals surface area contributed by atoms with Gasteiger partial charge in [0.25, 0.3) is 0 Å². The lowest BCUT2D eigenvalue weighted by atomic mass is 9.86. The molecule has 0 unspecified atom stereocenters. The average molecular weight is 558 g/mol. The number of rotatable bonds is 10. The molecule has 0 bridgehead atoms. The zero-order valence-electron chi connectivity index (χ0n) is 23.6. The number of ketones is 2. The first kappa shape index (κ1) is 27.0. The Balaban J connectivity index is 1.40. The first-order valence-electron chi connectivity index (χ1n) is 13.9. The van der Waals surface area contributed by atoms with E-state index in [1.165, 1.54) is 4.90 Å². The second kappa shape index (κ2) is 11.4. The summed E-state index contributed by atoms with van der Waals surface area (Å²) < 4.78 is 9.62. The largest absolute Gasteiger partial charge is 0.489 e. The molecule has 1 aliphatic rings. The average Bonchev–Trinajstić information content (AvgIpc) is 3.57. The van der Waals surface area contributed by atoms with Gasteiger partial charge in [-0.1, -0.05) is 72.8 Å². The summed E-state index contributed by atoms with van der Waals surface area (Å²) in [5.41, 5.74) is 6.03. The van der Waals surface area contributed by atoms with E-state index in [0.29, 0.717) is 54.2 Å². The van der Waals surface area contributed by atoms with E-state index in [2.05, 4.69) is 0 Å². The standard InChI is InChI=1S/C35H31N3O4/c1-36(23-39)18-17-27-20-37(2)32-30(27)34(40)31-29(21-38(33(31)35(32)41)19-24-9-5-3-6-10-24)26-13-15-28(16-14-26)42-22-25-11-7-4-8-12-25/h3-16,20-21,23H,17-19,22H2,1-2H3. The Morgan fingerprint density at radius 1 is 0.786 bits per heavy atom. The van der Waals surface area contributed by atoms with Crippen molar-refractivity contribution in [2.45, 2.75) is 19.6 Å². The highest BCUT2D eigenvalue weighted by molar-refractivity contribution is 6.30. The van der Waals surface area contributed by atoms with Gasteiger partial charge in [0, 0.05) is 45.1 Å². The van der Waals surface area contributed by atoms with E-state index in [4.69, 9.17) is 4.74 Å². The third-order valence-corrected chi connectivity index (χ3v) is 7.75. The van der Waals surface area contributed by atoms with Gasteiger partial charge < -0.3 is 18.8 Å². The Morgan fingerprint density at radius 2 is 1.45 bits per heavy atom. The predicted molar refractivity (Wildman–Crippen MR) is 161 cm³/mol. The van der Waals surface area contributed by atoms with Crippen LogP contribution in [0.4, 0.5) is 0 Å². The minimum Gasteiger partial charge on any atom is -0.489 e. The van der Waals surface area contributed by atoms with E-state index in [0.717, 1.165) is 34.4 Å². The Hall–Kier alpha value is -5.17. The number of nitrogens with zero attached hydrogens (tertiary/aromatic N) is 3. The lowest BCUT2D eigenvalue weighted by molar-refractivity contribution is -0.116. The summed E-state index contributed by atoms with van der Waals surface area (Å²) in [5, 5.41) is 0. The van der Waals surface area contributed by atoms with Crippen molar-refractivity contribution in [3.63, 3.8) is 0 Å². The summed E-state index contributed by atoms with van der Waals surface area (Å²) >= 11 is 0. The molecule has 0 fully saturated rings. The highest BCUT2D eigenvalue weighted by Crippen LogP contribution is 2.38. The monoisotopic (exact) mass is 557 g/mol. The fraction of sp³-hybridized carbons (Fsp3) is 0.171. The van der Waals surface area contributed by atoms with Crippen molar-refractivity contribution in [1.29, 1.82) is 0 Å². The van der Waals surface area contributed by atoms with E-state index < -0.39 is 0 Å². The summed E-state index contributed by atoms with van der Waals surface area (Å²) in [6.07, 6.45) is 4.99. The van der Waals surface area contributed by atoms with Gasteiger partial charge in [0.1, 0.15) is 23.7 Å². The SMILES string of the molecule is CN(C=O)CCc1cn(C)c2c1C(=O)c1c(-c3ccc(OCc4ccccc4)cc3)cn(Cc3ccccc3)c1C2=O. The maximum Gasteiger partial charge on any atom is 0.227 e. The molecule has 0 saturated carbocycles. The molecule has 6 rings (SSSR count). The molecule has 210 valence electrons. The van der Waals surface area contributed by atoms with Gasteiger partial charge in [0.05, 0.1) is 11.1 Å². The number of hydrogen-bond acceptors (Lipinski definition) is 4. The second-order valence-corrected chi connectivity index (χ2v) is 10.7. The number of fused-ring (bicyclic) bond motifs is 2. The van der Waals surface area contributed by atoms with Gasteiger partial charge in [-0.25, -0.2) is 0 Å². The van der Waals surface area contributed by atoms with Crippen LogP contribution < -0.4 is 4.74 Å². The number of aromatic nitrogens is 2. The number of hydrogen-bond donors (Lipinski definition) is 0. The molecule has 42 heavy (non-hydrogen) atoms. The van der Waals surface area contributed by atoms with Crippen LogP contribution in [-0.2, 0) is 31.4 Å². The van der Waals surface area contributed by atoms with E-state index in [9.17, 15) is 14.4 Å². The fourth-order valence-electron chi connectivity index (χ4n) is 5.62. The van der Waals surface area contributed by atoms with E-state index in [-0.39, 0.29) is 11.6 Å². The minimum atomic E-state index is -0.179. The van der Waals surface area contributed by atoms with E-state index in [1.807, 2.05) is 102 Å². The number of benzene rings is 3. The maximum atomic E-state index is 14.3. The Morgan fingerprint density at radius 3 is 2.12 bits per heavy atom. The fourth-order valence-corrected chi connectivity index (χ4v) is 5.62. The Labute approximate surface area is 244 Å². The summed E-state index contributed by atoms with van der Waals surface area (Å²) in [4.78, 5) is 41.1. The van der Waals surface area contributed by atoms with Crippen molar-refractivity contribution >= 4 is 18.0 Å². The van der Waals surface area contributed by atoms with E-state index in [1.54, 1.807) is 18.7 Å². The highest BCUT2D eigenvalue weighted by Gasteiger charge is 2.39. The van der Waals surface area contributed by atoms with Crippen molar-refractivity contribution in [2.24, 2.45) is 7.05 Å². The summed E-state index contributed by atoms with van der Waals surface area (Å²) in [7, 11) is 3.49. The van der Waals surface area contributed by atoms with Crippen LogP contribution in [0.5, 0.6) is 5.75 Å². The normalized spacial score (nSPS) is 12.1. The van der Waals surface area contributed by atoms with Gasteiger partial charge in [0.2, 0.25) is 12.2 Å². The Kier molecular flexibility index (Phi) is 7.32. The zero-order valence-corrected chi connectivity index (χ0v) is 23.6. The third kappa shape index (κ3) is 5.05. The topological polar surface area (TPSA) is 73.5 Å². The molecule has 0 saturated heterocycles. The zero-order chi connectivity index (χ0) is 29.2. The lowest BCUT2D eigenvalue weighted by Crippen LogP contribution is -2.26. The van der Waals surface area contributed by atoms with Gasteiger partial charge in [-0.2, -0.15) is 0 Å². The van der Waals surface area contributed by atoms with Crippen LogP contribution in [-0.4, -0.2) is 45.6 Å². The molecular weight excluding hydrogens is 526 g/mol. The number of aryl methyl sites for hydroxylation is 1. The van der Waals surface area contributed by atoms with Crippen LogP contribution in [0.3, 0.4) is 0 Å². The van der Waals surface area contributed by atoms with Crippen molar-refractivity contribution in [3.8, 4) is 16.9 Å². The number of likely N-dealkylation sites (N-methyl/N-ethyl adjacent to an activating group) is 1. The van der Waals surface area contributed by atoms with Crippen LogP contribution in [0, 0.1) is 0 Å². The number of ether oxygens (including phenoxy) is 1. The minimum absolute atomic E-state index is 0.171. The second-order valence-electron chi connectivity index (χ2n) is 10.7. The first-order chi connectivity index (χ1) is 20.4. The molecule has 0 aliphatic heterocycles. The van der Waals surface area contributed by atoms with Gasteiger partial charge in [-0.15, -0.1) is 0 Å². The predicted octanol–water partition coefficient (Wildman–Crippen LogP) is 5.53. The van der Waals surface area contributed by atoms with Crippen LogP contribution in [0.15, 0.2) is 97.3 Å². The van der Waals surface area contributed by atoms with Gasteiger partial charge in [-0.3, -0.25) is 14.4 Å². The van der Waals surface area contributed by atoms with E-state index >= 15 is 0 Å². The van der Waals surface area contributed by atoms with Crippen LogP contribution in [0.25, 0.3) is 11.1 Å². The molecule has 5 aromatic rings. The molecule has 0 radical (unpaired) electrons. The Bertz CT molecular complexity index is 1770. The van der Waals surface area contributed by atoms with Crippen molar-refractivity contribution in [3.05, 3.63) is 137 Å². The maximum absolute atomic E-state index is 14.3. The molecule has 7 nitrogen and oxygen atoms in total. The van der Waals surface area contributed by atoms with Crippen LogP contribution >= 0.6 is 0 Å². The van der Waals surface area contributed by atoms with Gasteiger partial charge in [0.15, 0.2) is 5.78 Å². The molecule has 0 atom stereocenters. The highest BCUT2D eigenvalue weighted by atomic mass is 16.5. The molecule has 7 heteroatoms. The van der Waals surface area contributed by atoms with Gasteiger partial charge in [-0.05, 0) is 40.8 Å². The van der Waals surface area contributed by atoms with Crippen molar-refractivity contribution in [1.82, 2.24) is 14.0 Å². The molecule has 2 heterocycles. The number of carbonyl (C=O) groups is 3. The van der Waals surface area contributed by atoms with Gasteiger partial charge >= 0.3 is 0 Å². The molecule has 1 aliphatic carbocycles. The molecule has 1 amide bonds. The molecular formula is C35H31N3O4. The molecule has 3 aromatic carbocycles.